The molecule has 3 rings (SSSR count). The first-order valence-corrected chi connectivity index (χ1v) is 5.79. The molecule has 2 heterocycles. The fourth-order valence-corrected chi connectivity index (χ4v) is 2.41. The third-order valence-electron chi connectivity index (χ3n) is 2.48. The zero-order valence-corrected chi connectivity index (χ0v) is 10.1. The Labute approximate surface area is 101 Å². The maximum absolute atomic E-state index is 6.08. The van der Waals surface area contributed by atoms with Gasteiger partial charge >= 0.3 is 0 Å². The largest absolute Gasteiger partial charge is 0.299 e. The molecular formula is C10H7BrClN3. The highest BCUT2D eigenvalue weighted by Crippen LogP contribution is 2.31. The molecule has 2 aliphatic heterocycles. The second kappa shape index (κ2) is 3.32. The van der Waals surface area contributed by atoms with E-state index in [4.69, 9.17) is 11.6 Å². The number of hydrogen-bond acceptors (Lipinski definition) is 3. The van der Waals surface area contributed by atoms with Crippen molar-refractivity contribution in [1.29, 1.82) is 0 Å². The van der Waals surface area contributed by atoms with Crippen molar-refractivity contribution in [3.63, 3.8) is 0 Å². The first-order chi connectivity index (χ1) is 7.25. The van der Waals surface area contributed by atoms with E-state index >= 15 is 0 Å². The molecule has 0 N–H and O–H groups in total. The van der Waals surface area contributed by atoms with Crippen LogP contribution >= 0.6 is 27.5 Å². The van der Waals surface area contributed by atoms with Crippen LogP contribution in [0.25, 0.3) is 0 Å². The molecule has 0 spiro atoms. The smallest absolute Gasteiger partial charge is 0.204 e. The fraction of sp³-hybridized carbons (Fsp3) is 0.200. The number of fused-ring (bicyclic) bond motifs is 3. The summed E-state index contributed by atoms with van der Waals surface area (Å²) in [4.78, 5) is 10.7. The van der Waals surface area contributed by atoms with E-state index in [0.717, 1.165) is 34.6 Å². The Bertz CT molecular complexity index is 495. The number of amidine groups is 2. The van der Waals surface area contributed by atoms with Gasteiger partial charge in [0.25, 0.3) is 0 Å². The fourth-order valence-electron chi connectivity index (χ4n) is 1.80. The van der Waals surface area contributed by atoms with Crippen LogP contribution < -0.4 is 0 Å². The second-order valence-corrected chi connectivity index (χ2v) is 4.65. The lowest BCUT2D eigenvalue weighted by Gasteiger charge is -2.23. The quantitative estimate of drug-likeness (QED) is 0.673. The minimum atomic E-state index is 0.511. The zero-order chi connectivity index (χ0) is 10.4. The molecule has 0 radical (unpaired) electrons. The minimum Gasteiger partial charge on any atom is -0.299 e. The van der Waals surface area contributed by atoms with Gasteiger partial charge in [0.1, 0.15) is 5.84 Å². The molecule has 0 saturated heterocycles. The molecule has 0 aliphatic carbocycles. The van der Waals surface area contributed by atoms with Gasteiger partial charge in [-0.3, -0.25) is 9.89 Å². The van der Waals surface area contributed by atoms with Crippen LogP contribution in [0.4, 0.5) is 5.69 Å². The monoisotopic (exact) mass is 283 g/mol. The SMILES string of the molecule is ClC1=Nc2cc(Br)ccc2C2=NCCN12. The topological polar surface area (TPSA) is 28.0 Å². The van der Waals surface area contributed by atoms with Gasteiger partial charge < -0.3 is 0 Å². The summed E-state index contributed by atoms with van der Waals surface area (Å²) >= 11 is 9.49. The lowest BCUT2D eigenvalue weighted by Crippen LogP contribution is -2.34. The summed E-state index contributed by atoms with van der Waals surface area (Å²) in [6.45, 7) is 1.61. The average molecular weight is 285 g/mol. The predicted octanol–water partition coefficient (Wildman–Crippen LogP) is 2.75. The van der Waals surface area contributed by atoms with Crippen LogP contribution in [0, 0.1) is 0 Å². The van der Waals surface area contributed by atoms with Gasteiger partial charge in [-0.2, -0.15) is 0 Å². The summed E-state index contributed by atoms with van der Waals surface area (Å²) in [6, 6.07) is 5.96. The minimum absolute atomic E-state index is 0.511. The van der Waals surface area contributed by atoms with E-state index in [2.05, 4.69) is 25.9 Å². The first kappa shape index (κ1) is 9.36. The van der Waals surface area contributed by atoms with Crippen molar-refractivity contribution >= 4 is 44.3 Å². The van der Waals surface area contributed by atoms with Gasteiger partial charge in [-0.25, -0.2) is 4.99 Å². The van der Waals surface area contributed by atoms with Gasteiger partial charge in [0.05, 0.1) is 12.2 Å². The first-order valence-electron chi connectivity index (χ1n) is 4.62. The molecule has 2 aliphatic rings. The van der Waals surface area contributed by atoms with Crippen LogP contribution in [-0.4, -0.2) is 29.1 Å². The second-order valence-electron chi connectivity index (χ2n) is 3.40. The van der Waals surface area contributed by atoms with Gasteiger partial charge in [0, 0.05) is 16.6 Å². The normalized spacial score (nSPS) is 18.1. The zero-order valence-electron chi connectivity index (χ0n) is 7.74. The van der Waals surface area contributed by atoms with Crippen LogP contribution in [-0.2, 0) is 0 Å². The number of halogens is 2. The molecular weight excluding hydrogens is 277 g/mol. The van der Waals surface area contributed by atoms with Crippen LogP contribution in [0.3, 0.4) is 0 Å². The lowest BCUT2D eigenvalue weighted by molar-refractivity contribution is 0.673. The average Bonchev–Trinajstić information content (AvgIpc) is 2.66. The maximum atomic E-state index is 6.08. The van der Waals surface area contributed by atoms with E-state index in [-0.39, 0.29) is 0 Å². The lowest BCUT2D eigenvalue weighted by atomic mass is 10.1. The van der Waals surface area contributed by atoms with Crippen LogP contribution in [0.1, 0.15) is 5.56 Å². The molecule has 5 heteroatoms. The van der Waals surface area contributed by atoms with Crippen molar-refractivity contribution in [3.8, 4) is 0 Å². The Balaban J connectivity index is 2.24. The van der Waals surface area contributed by atoms with Crippen molar-refractivity contribution in [1.82, 2.24) is 4.90 Å². The Morgan fingerprint density at radius 1 is 1.40 bits per heavy atom. The summed E-state index contributed by atoms with van der Waals surface area (Å²) < 4.78 is 1.00. The highest BCUT2D eigenvalue weighted by atomic mass is 79.9. The summed E-state index contributed by atoms with van der Waals surface area (Å²) in [5.74, 6) is 0.942. The van der Waals surface area contributed by atoms with Crippen LogP contribution in [0.15, 0.2) is 32.7 Å². The molecule has 3 nitrogen and oxygen atoms in total. The van der Waals surface area contributed by atoms with Gasteiger partial charge in [0.2, 0.25) is 5.29 Å². The van der Waals surface area contributed by atoms with Gasteiger partial charge in [-0.15, -0.1) is 0 Å². The van der Waals surface area contributed by atoms with E-state index in [9.17, 15) is 0 Å². The highest BCUT2D eigenvalue weighted by molar-refractivity contribution is 9.10. The summed E-state index contributed by atoms with van der Waals surface area (Å²) in [7, 11) is 0. The van der Waals surface area contributed by atoms with Crippen molar-refractivity contribution in [2.75, 3.05) is 13.1 Å². The van der Waals surface area contributed by atoms with Gasteiger partial charge in [-0.05, 0) is 29.8 Å². The van der Waals surface area contributed by atoms with E-state index in [1.165, 1.54) is 0 Å². The van der Waals surface area contributed by atoms with Crippen molar-refractivity contribution in [2.24, 2.45) is 9.98 Å². The number of aliphatic imine (C=N–C) groups is 2. The molecule has 0 saturated carbocycles. The molecule has 0 atom stereocenters. The van der Waals surface area contributed by atoms with Crippen molar-refractivity contribution < 1.29 is 0 Å². The van der Waals surface area contributed by atoms with Gasteiger partial charge in [0.15, 0.2) is 0 Å². The van der Waals surface area contributed by atoms with Crippen LogP contribution in [0.5, 0.6) is 0 Å². The summed E-state index contributed by atoms with van der Waals surface area (Å²) in [6.07, 6.45) is 0. The molecule has 15 heavy (non-hydrogen) atoms. The van der Waals surface area contributed by atoms with E-state index in [1.807, 2.05) is 23.1 Å². The number of nitrogens with zero attached hydrogens (tertiary/aromatic N) is 3. The Kier molecular flexibility index (Phi) is 2.07. The molecule has 0 fully saturated rings. The molecule has 0 aromatic heterocycles. The molecule has 0 amide bonds. The third-order valence-corrected chi connectivity index (χ3v) is 3.26. The van der Waals surface area contributed by atoms with Crippen molar-refractivity contribution in [2.45, 2.75) is 0 Å². The Hall–Kier alpha value is -0.870. The molecule has 1 aromatic carbocycles. The Morgan fingerprint density at radius 2 is 2.27 bits per heavy atom. The molecule has 0 unspecified atom stereocenters. The predicted molar refractivity (Wildman–Crippen MR) is 65.2 cm³/mol. The van der Waals surface area contributed by atoms with E-state index in [0.29, 0.717) is 5.29 Å². The molecule has 76 valence electrons. The van der Waals surface area contributed by atoms with E-state index in [1.54, 1.807) is 0 Å². The van der Waals surface area contributed by atoms with E-state index < -0.39 is 0 Å². The summed E-state index contributed by atoms with van der Waals surface area (Å²) in [5, 5.41) is 0.511. The highest BCUT2D eigenvalue weighted by Gasteiger charge is 2.28. The number of benzene rings is 1. The Morgan fingerprint density at radius 3 is 3.13 bits per heavy atom. The van der Waals surface area contributed by atoms with Crippen LogP contribution in [0.2, 0.25) is 0 Å². The standard InChI is InChI=1S/C10H7BrClN3/c11-6-1-2-7-8(5-6)14-10(12)15-4-3-13-9(7)15/h1-2,5H,3-4H2. The van der Waals surface area contributed by atoms with Gasteiger partial charge in [-0.1, -0.05) is 15.9 Å². The molecule has 0 bridgehead atoms. The third kappa shape index (κ3) is 1.40. The number of rotatable bonds is 0. The maximum Gasteiger partial charge on any atom is 0.204 e. The summed E-state index contributed by atoms with van der Waals surface area (Å²) in [5.41, 5.74) is 1.94. The van der Waals surface area contributed by atoms with Crippen molar-refractivity contribution in [3.05, 3.63) is 28.2 Å². The molecule has 1 aromatic rings. The number of hydrogen-bond donors (Lipinski definition) is 0.